The van der Waals surface area contributed by atoms with Gasteiger partial charge < -0.3 is 5.73 Å². The first kappa shape index (κ1) is 11.0. The maximum Gasteiger partial charge on any atom is 0.270 e. The maximum absolute atomic E-state index is 10.7. The third-order valence-corrected chi connectivity index (χ3v) is 2.22. The van der Waals surface area contributed by atoms with E-state index in [0.29, 0.717) is 11.3 Å². The van der Waals surface area contributed by atoms with Crippen LogP contribution in [0.25, 0.3) is 11.3 Å². The Bertz CT molecular complexity index is 563. The predicted octanol–water partition coefficient (Wildman–Crippen LogP) is 1.94. The molecule has 17 heavy (non-hydrogen) atoms. The molecule has 1 aromatic heterocycles. The van der Waals surface area contributed by atoms with E-state index in [4.69, 9.17) is 5.73 Å². The summed E-state index contributed by atoms with van der Waals surface area (Å²) in [5.41, 5.74) is 7.52. The Morgan fingerprint density at radius 1 is 1.29 bits per heavy atom. The fraction of sp³-hybridized carbons (Fsp3) is 0.0909. The summed E-state index contributed by atoms with van der Waals surface area (Å²) in [7, 11) is 0. The molecule has 0 saturated heterocycles. The van der Waals surface area contributed by atoms with Gasteiger partial charge in [-0.2, -0.15) is 0 Å². The molecule has 0 aliphatic carbocycles. The Hall–Kier alpha value is -2.50. The lowest BCUT2D eigenvalue weighted by Crippen LogP contribution is -1.98. The van der Waals surface area contributed by atoms with E-state index in [-0.39, 0.29) is 11.6 Å². The van der Waals surface area contributed by atoms with E-state index in [1.165, 1.54) is 12.1 Å². The SMILES string of the molecule is Cc1cc(-c2cccc([N+](=O)[O-])c2)nc(N)n1. The van der Waals surface area contributed by atoms with Crippen LogP contribution in [-0.4, -0.2) is 14.9 Å². The molecule has 6 heteroatoms. The number of nitrogens with zero attached hydrogens (tertiary/aromatic N) is 3. The summed E-state index contributed by atoms with van der Waals surface area (Å²) in [4.78, 5) is 18.2. The van der Waals surface area contributed by atoms with Gasteiger partial charge in [0.25, 0.3) is 5.69 Å². The molecule has 2 N–H and O–H groups in total. The lowest BCUT2D eigenvalue weighted by atomic mass is 10.1. The number of aryl methyl sites for hydroxylation is 1. The van der Waals surface area contributed by atoms with Gasteiger partial charge in [-0.15, -0.1) is 0 Å². The van der Waals surface area contributed by atoms with E-state index in [0.717, 1.165) is 5.69 Å². The zero-order valence-electron chi connectivity index (χ0n) is 9.12. The van der Waals surface area contributed by atoms with Crippen molar-refractivity contribution in [2.75, 3.05) is 5.73 Å². The van der Waals surface area contributed by atoms with Gasteiger partial charge in [-0.25, -0.2) is 9.97 Å². The van der Waals surface area contributed by atoms with Crippen LogP contribution in [0.5, 0.6) is 0 Å². The van der Waals surface area contributed by atoms with Gasteiger partial charge in [0, 0.05) is 23.4 Å². The van der Waals surface area contributed by atoms with Crippen molar-refractivity contribution >= 4 is 11.6 Å². The maximum atomic E-state index is 10.7. The van der Waals surface area contributed by atoms with Gasteiger partial charge >= 0.3 is 0 Å². The van der Waals surface area contributed by atoms with Crippen molar-refractivity contribution in [3.8, 4) is 11.3 Å². The van der Waals surface area contributed by atoms with Crippen molar-refractivity contribution in [3.05, 3.63) is 46.1 Å². The van der Waals surface area contributed by atoms with Crippen LogP contribution < -0.4 is 5.73 Å². The molecule has 0 spiro atoms. The summed E-state index contributed by atoms with van der Waals surface area (Å²) in [5, 5.41) is 10.7. The monoisotopic (exact) mass is 230 g/mol. The molecule has 1 aromatic carbocycles. The van der Waals surface area contributed by atoms with Gasteiger partial charge in [0.2, 0.25) is 5.95 Å². The van der Waals surface area contributed by atoms with Gasteiger partial charge in [-0.3, -0.25) is 10.1 Å². The number of hydrogen-bond donors (Lipinski definition) is 1. The van der Waals surface area contributed by atoms with Gasteiger partial charge in [-0.1, -0.05) is 12.1 Å². The molecule has 2 rings (SSSR count). The Labute approximate surface area is 97.3 Å². The van der Waals surface area contributed by atoms with E-state index < -0.39 is 4.92 Å². The Morgan fingerprint density at radius 3 is 2.71 bits per heavy atom. The smallest absolute Gasteiger partial charge is 0.270 e. The molecule has 0 fully saturated rings. The highest BCUT2D eigenvalue weighted by atomic mass is 16.6. The van der Waals surface area contributed by atoms with E-state index in [2.05, 4.69) is 9.97 Å². The van der Waals surface area contributed by atoms with E-state index in [9.17, 15) is 10.1 Å². The normalized spacial score (nSPS) is 10.2. The summed E-state index contributed by atoms with van der Waals surface area (Å²) >= 11 is 0. The standard InChI is InChI=1S/C11H10N4O2/c1-7-5-10(14-11(12)13-7)8-3-2-4-9(6-8)15(16)17/h2-6H,1H3,(H2,12,13,14). The van der Waals surface area contributed by atoms with Gasteiger partial charge in [0.15, 0.2) is 0 Å². The predicted molar refractivity (Wildman–Crippen MR) is 63.3 cm³/mol. The zero-order chi connectivity index (χ0) is 12.4. The fourth-order valence-corrected chi connectivity index (χ4v) is 1.52. The number of hydrogen-bond acceptors (Lipinski definition) is 5. The summed E-state index contributed by atoms with van der Waals surface area (Å²) < 4.78 is 0. The molecule has 0 aliphatic heterocycles. The first-order chi connectivity index (χ1) is 8.06. The largest absolute Gasteiger partial charge is 0.368 e. The number of nitrogen functional groups attached to an aromatic ring is 1. The second-order valence-corrected chi connectivity index (χ2v) is 3.56. The number of nitro groups is 1. The molecule has 0 unspecified atom stereocenters. The van der Waals surface area contributed by atoms with Crippen LogP contribution in [0, 0.1) is 17.0 Å². The number of anilines is 1. The number of benzene rings is 1. The van der Waals surface area contributed by atoms with Gasteiger partial charge in [0.1, 0.15) is 0 Å². The van der Waals surface area contributed by atoms with Crippen LogP contribution in [0.2, 0.25) is 0 Å². The van der Waals surface area contributed by atoms with Crippen LogP contribution in [0.4, 0.5) is 11.6 Å². The molecule has 0 radical (unpaired) electrons. The fourth-order valence-electron chi connectivity index (χ4n) is 1.52. The summed E-state index contributed by atoms with van der Waals surface area (Å²) in [6, 6.07) is 7.98. The van der Waals surface area contributed by atoms with E-state index >= 15 is 0 Å². The van der Waals surface area contributed by atoms with Crippen molar-refractivity contribution in [3.63, 3.8) is 0 Å². The zero-order valence-corrected chi connectivity index (χ0v) is 9.12. The van der Waals surface area contributed by atoms with Crippen LogP contribution in [-0.2, 0) is 0 Å². The van der Waals surface area contributed by atoms with Crippen LogP contribution in [0.1, 0.15) is 5.69 Å². The second kappa shape index (κ2) is 4.17. The minimum absolute atomic E-state index is 0.0253. The van der Waals surface area contributed by atoms with Gasteiger partial charge in [0.05, 0.1) is 10.6 Å². The first-order valence-corrected chi connectivity index (χ1v) is 4.92. The van der Waals surface area contributed by atoms with Crippen LogP contribution >= 0.6 is 0 Å². The summed E-state index contributed by atoms with van der Waals surface area (Å²) in [6.45, 7) is 1.79. The number of nitro benzene ring substituents is 1. The summed E-state index contributed by atoms with van der Waals surface area (Å²) in [5.74, 6) is 0.159. The van der Waals surface area contributed by atoms with Crippen molar-refractivity contribution in [2.45, 2.75) is 6.92 Å². The Morgan fingerprint density at radius 2 is 2.06 bits per heavy atom. The lowest BCUT2D eigenvalue weighted by Gasteiger charge is -2.03. The minimum atomic E-state index is -0.444. The van der Waals surface area contributed by atoms with Crippen LogP contribution in [0.15, 0.2) is 30.3 Å². The molecule has 0 saturated carbocycles. The topological polar surface area (TPSA) is 94.9 Å². The molecule has 86 valence electrons. The first-order valence-electron chi connectivity index (χ1n) is 4.92. The van der Waals surface area contributed by atoms with Crippen molar-refractivity contribution < 1.29 is 4.92 Å². The van der Waals surface area contributed by atoms with Crippen LogP contribution in [0.3, 0.4) is 0 Å². The highest BCUT2D eigenvalue weighted by Crippen LogP contribution is 2.22. The third-order valence-electron chi connectivity index (χ3n) is 2.22. The number of nitrogens with two attached hydrogens (primary N) is 1. The van der Waals surface area contributed by atoms with Gasteiger partial charge in [-0.05, 0) is 13.0 Å². The molecular formula is C11H10N4O2. The average Bonchev–Trinajstić information content (AvgIpc) is 2.28. The molecule has 0 bridgehead atoms. The second-order valence-electron chi connectivity index (χ2n) is 3.56. The molecule has 6 nitrogen and oxygen atoms in total. The molecule has 0 aliphatic rings. The number of non-ortho nitro benzene ring substituents is 1. The molecule has 2 aromatic rings. The average molecular weight is 230 g/mol. The number of aromatic nitrogens is 2. The lowest BCUT2D eigenvalue weighted by molar-refractivity contribution is -0.384. The van der Waals surface area contributed by atoms with E-state index in [1.54, 1.807) is 25.1 Å². The van der Waals surface area contributed by atoms with E-state index in [1.807, 2.05) is 0 Å². The molecule has 0 atom stereocenters. The molecular weight excluding hydrogens is 220 g/mol. The van der Waals surface area contributed by atoms with Crippen molar-refractivity contribution in [1.82, 2.24) is 9.97 Å². The third kappa shape index (κ3) is 2.36. The molecule has 0 amide bonds. The Balaban J connectivity index is 2.52. The molecule has 1 heterocycles. The highest BCUT2D eigenvalue weighted by molar-refractivity contribution is 5.63. The van der Waals surface area contributed by atoms with Crippen molar-refractivity contribution in [1.29, 1.82) is 0 Å². The number of rotatable bonds is 2. The summed E-state index contributed by atoms with van der Waals surface area (Å²) in [6.07, 6.45) is 0. The Kier molecular flexibility index (Phi) is 2.70. The quantitative estimate of drug-likeness (QED) is 0.628. The van der Waals surface area contributed by atoms with Crippen molar-refractivity contribution in [2.24, 2.45) is 0 Å². The minimum Gasteiger partial charge on any atom is -0.368 e. The highest BCUT2D eigenvalue weighted by Gasteiger charge is 2.08.